The van der Waals surface area contributed by atoms with Crippen molar-refractivity contribution in [2.75, 3.05) is 6.54 Å². The summed E-state index contributed by atoms with van der Waals surface area (Å²) in [5, 5.41) is 12.6. The minimum Gasteiger partial charge on any atom is -0.392 e. The highest BCUT2D eigenvalue weighted by atomic mass is 16.3. The average molecular weight is 261 g/mol. The van der Waals surface area contributed by atoms with Crippen LogP contribution in [0.3, 0.4) is 0 Å². The standard InChI is InChI=1S/C16H23NO2/c1-11(2)15(18)9-16(19)17-10-13-8-14(13)12-6-4-3-5-7-12/h3-7,11,13-15,18H,8-10H2,1-2H3,(H,17,19). The predicted octanol–water partition coefficient (Wildman–Crippen LogP) is 2.31. The maximum absolute atomic E-state index is 11.7. The van der Waals surface area contributed by atoms with E-state index in [0.717, 1.165) is 13.0 Å². The van der Waals surface area contributed by atoms with E-state index >= 15 is 0 Å². The zero-order chi connectivity index (χ0) is 13.8. The molecule has 0 aliphatic heterocycles. The topological polar surface area (TPSA) is 49.3 Å². The van der Waals surface area contributed by atoms with Gasteiger partial charge in [-0.1, -0.05) is 44.2 Å². The highest BCUT2D eigenvalue weighted by molar-refractivity contribution is 5.76. The largest absolute Gasteiger partial charge is 0.392 e. The number of aliphatic hydroxyl groups is 1. The fraction of sp³-hybridized carbons (Fsp3) is 0.562. The van der Waals surface area contributed by atoms with Crippen LogP contribution >= 0.6 is 0 Å². The number of hydrogen-bond acceptors (Lipinski definition) is 2. The van der Waals surface area contributed by atoms with Gasteiger partial charge in [-0.3, -0.25) is 4.79 Å². The molecule has 19 heavy (non-hydrogen) atoms. The third-order valence-electron chi connectivity index (χ3n) is 3.88. The molecule has 3 atom stereocenters. The van der Waals surface area contributed by atoms with Crippen molar-refractivity contribution in [2.24, 2.45) is 11.8 Å². The lowest BCUT2D eigenvalue weighted by molar-refractivity contribution is -0.123. The molecule has 3 nitrogen and oxygen atoms in total. The first-order chi connectivity index (χ1) is 9.08. The van der Waals surface area contributed by atoms with E-state index in [1.807, 2.05) is 19.9 Å². The van der Waals surface area contributed by atoms with Gasteiger partial charge in [-0.15, -0.1) is 0 Å². The smallest absolute Gasteiger partial charge is 0.222 e. The van der Waals surface area contributed by atoms with Crippen molar-refractivity contribution in [2.45, 2.75) is 38.7 Å². The first-order valence-corrected chi connectivity index (χ1v) is 7.07. The van der Waals surface area contributed by atoms with Crippen molar-refractivity contribution in [3.05, 3.63) is 35.9 Å². The van der Waals surface area contributed by atoms with Crippen LogP contribution in [-0.2, 0) is 4.79 Å². The molecule has 0 saturated heterocycles. The zero-order valence-electron chi connectivity index (χ0n) is 11.7. The van der Waals surface area contributed by atoms with Crippen LogP contribution in [0.1, 0.15) is 38.2 Å². The number of rotatable bonds is 6. The second-order valence-corrected chi connectivity index (χ2v) is 5.83. The molecule has 104 valence electrons. The van der Waals surface area contributed by atoms with Crippen LogP contribution in [0.25, 0.3) is 0 Å². The van der Waals surface area contributed by atoms with E-state index in [1.165, 1.54) is 5.56 Å². The first-order valence-electron chi connectivity index (χ1n) is 7.07. The average Bonchev–Trinajstić information content (AvgIpc) is 3.17. The molecular weight excluding hydrogens is 238 g/mol. The highest BCUT2D eigenvalue weighted by Crippen LogP contribution is 2.46. The van der Waals surface area contributed by atoms with Gasteiger partial charge in [0.2, 0.25) is 5.91 Å². The van der Waals surface area contributed by atoms with Crippen LogP contribution in [0.15, 0.2) is 30.3 Å². The number of carbonyl (C=O) groups excluding carboxylic acids is 1. The molecular formula is C16H23NO2. The Morgan fingerprint density at radius 3 is 2.68 bits per heavy atom. The van der Waals surface area contributed by atoms with E-state index in [4.69, 9.17) is 0 Å². The van der Waals surface area contributed by atoms with E-state index in [9.17, 15) is 9.90 Å². The van der Waals surface area contributed by atoms with E-state index < -0.39 is 6.10 Å². The summed E-state index contributed by atoms with van der Waals surface area (Å²) in [6, 6.07) is 10.4. The highest BCUT2D eigenvalue weighted by Gasteiger charge is 2.38. The van der Waals surface area contributed by atoms with E-state index in [0.29, 0.717) is 11.8 Å². The van der Waals surface area contributed by atoms with Crippen molar-refractivity contribution < 1.29 is 9.90 Å². The van der Waals surface area contributed by atoms with E-state index in [1.54, 1.807) is 0 Å². The molecule has 0 heterocycles. The maximum atomic E-state index is 11.7. The van der Waals surface area contributed by atoms with Crippen molar-refractivity contribution in [1.29, 1.82) is 0 Å². The SMILES string of the molecule is CC(C)C(O)CC(=O)NCC1CC1c1ccccc1. The Kier molecular flexibility index (Phi) is 4.59. The fourth-order valence-corrected chi connectivity index (χ4v) is 2.32. The second kappa shape index (κ2) is 6.20. The molecule has 3 unspecified atom stereocenters. The Morgan fingerprint density at radius 1 is 1.37 bits per heavy atom. The van der Waals surface area contributed by atoms with Gasteiger partial charge in [0, 0.05) is 6.54 Å². The van der Waals surface area contributed by atoms with E-state index in [2.05, 4.69) is 29.6 Å². The van der Waals surface area contributed by atoms with Gasteiger partial charge >= 0.3 is 0 Å². The van der Waals surface area contributed by atoms with Crippen LogP contribution in [0, 0.1) is 11.8 Å². The van der Waals surface area contributed by atoms with Crippen molar-refractivity contribution >= 4 is 5.91 Å². The van der Waals surface area contributed by atoms with Crippen LogP contribution in [-0.4, -0.2) is 23.7 Å². The van der Waals surface area contributed by atoms with Crippen molar-refractivity contribution in [1.82, 2.24) is 5.32 Å². The van der Waals surface area contributed by atoms with Crippen molar-refractivity contribution in [3.63, 3.8) is 0 Å². The Labute approximate surface area is 115 Å². The Bertz CT molecular complexity index is 416. The summed E-state index contributed by atoms with van der Waals surface area (Å²) in [5.74, 6) is 1.24. The van der Waals surface area contributed by atoms with Gasteiger partial charge in [-0.2, -0.15) is 0 Å². The summed E-state index contributed by atoms with van der Waals surface area (Å²) in [4.78, 5) is 11.7. The molecule has 0 bridgehead atoms. The summed E-state index contributed by atoms with van der Waals surface area (Å²) in [5.41, 5.74) is 1.36. The number of hydrogen-bond donors (Lipinski definition) is 2. The van der Waals surface area contributed by atoms with Crippen molar-refractivity contribution in [3.8, 4) is 0 Å². The summed E-state index contributed by atoms with van der Waals surface area (Å²) < 4.78 is 0. The Hall–Kier alpha value is -1.35. The molecule has 1 fully saturated rings. The maximum Gasteiger partial charge on any atom is 0.222 e. The first kappa shape index (κ1) is 14.1. The molecule has 0 aromatic heterocycles. The summed E-state index contributed by atoms with van der Waals surface area (Å²) in [6.07, 6.45) is 0.821. The van der Waals surface area contributed by atoms with E-state index in [-0.39, 0.29) is 18.2 Å². The molecule has 1 aromatic rings. The molecule has 3 heteroatoms. The molecule has 0 spiro atoms. The van der Waals surface area contributed by atoms with Gasteiger partial charge in [-0.05, 0) is 29.7 Å². The monoisotopic (exact) mass is 261 g/mol. The molecule has 2 N–H and O–H groups in total. The normalized spacial score (nSPS) is 23.2. The number of aliphatic hydroxyl groups excluding tert-OH is 1. The third kappa shape index (κ3) is 4.06. The summed E-state index contributed by atoms with van der Waals surface area (Å²) in [7, 11) is 0. The van der Waals surface area contributed by atoms with Crippen LogP contribution < -0.4 is 5.32 Å². The minimum atomic E-state index is -0.538. The lowest BCUT2D eigenvalue weighted by Gasteiger charge is -2.13. The number of amides is 1. The van der Waals surface area contributed by atoms with Crippen LogP contribution in [0.5, 0.6) is 0 Å². The van der Waals surface area contributed by atoms with Gasteiger partial charge in [-0.25, -0.2) is 0 Å². The Morgan fingerprint density at radius 2 is 2.05 bits per heavy atom. The third-order valence-corrected chi connectivity index (χ3v) is 3.88. The summed E-state index contributed by atoms with van der Waals surface area (Å²) >= 11 is 0. The lowest BCUT2D eigenvalue weighted by Crippen LogP contribution is -2.31. The predicted molar refractivity (Wildman–Crippen MR) is 75.8 cm³/mol. The van der Waals surface area contributed by atoms with Crippen LogP contribution in [0.2, 0.25) is 0 Å². The van der Waals surface area contributed by atoms with Gasteiger partial charge in [0.1, 0.15) is 0 Å². The number of nitrogens with one attached hydrogen (secondary N) is 1. The fourth-order valence-electron chi connectivity index (χ4n) is 2.32. The molecule has 0 radical (unpaired) electrons. The molecule has 1 saturated carbocycles. The molecule has 2 rings (SSSR count). The summed E-state index contributed by atoms with van der Waals surface area (Å²) in [6.45, 7) is 4.57. The van der Waals surface area contributed by atoms with Gasteiger partial charge < -0.3 is 10.4 Å². The molecule has 1 aromatic carbocycles. The molecule has 1 amide bonds. The Balaban J connectivity index is 1.69. The van der Waals surface area contributed by atoms with Gasteiger partial charge in [0.15, 0.2) is 0 Å². The minimum absolute atomic E-state index is 0.0417. The van der Waals surface area contributed by atoms with Gasteiger partial charge in [0.05, 0.1) is 12.5 Å². The zero-order valence-corrected chi connectivity index (χ0v) is 11.7. The van der Waals surface area contributed by atoms with Gasteiger partial charge in [0.25, 0.3) is 0 Å². The number of benzene rings is 1. The van der Waals surface area contributed by atoms with Crippen LogP contribution in [0.4, 0.5) is 0 Å². The number of carbonyl (C=O) groups is 1. The lowest BCUT2D eigenvalue weighted by atomic mass is 10.0. The molecule has 1 aliphatic carbocycles. The second-order valence-electron chi connectivity index (χ2n) is 5.83. The quantitative estimate of drug-likeness (QED) is 0.825. The molecule has 1 aliphatic rings.